The molecule has 22 heavy (non-hydrogen) atoms. The molecular weight excluding hydrogens is 284 g/mol. The molecule has 3 rings (SSSR count). The number of hydrogen-bond donors (Lipinski definition) is 2. The molecule has 120 valence electrons. The zero-order valence-corrected chi connectivity index (χ0v) is 13.2. The predicted molar refractivity (Wildman–Crippen MR) is 77.5 cm³/mol. The number of carbonyl (C=O) groups is 4. The first-order chi connectivity index (χ1) is 10.1. The number of ketones is 1. The van der Waals surface area contributed by atoms with Gasteiger partial charge in [0.25, 0.3) is 0 Å². The van der Waals surface area contributed by atoms with Crippen molar-refractivity contribution in [1.82, 2.24) is 10.6 Å². The van der Waals surface area contributed by atoms with Crippen molar-refractivity contribution < 1.29 is 19.2 Å². The first-order valence-corrected chi connectivity index (χ1v) is 7.82. The second-order valence-corrected chi connectivity index (χ2v) is 7.62. The van der Waals surface area contributed by atoms with Gasteiger partial charge in [-0.3, -0.25) is 24.5 Å². The van der Waals surface area contributed by atoms with Gasteiger partial charge in [-0.2, -0.15) is 0 Å². The van der Waals surface area contributed by atoms with Crippen molar-refractivity contribution in [3.8, 4) is 0 Å². The van der Waals surface area contributed by atoms with Crippen molar-refractivity contribution >= 4 is 23.5 Å². The third-order valence-corrected chi connectivity index (χ3v) is 6.68. The summed E-state index contributed by atoms with van der Waals surface area (Å²) < 4.78 is 0. The van der Waals surface area contributed by atoms with Crippen LogP contribution in [0, 0.1) is 16.2 Å². The van der Waals surface area contributed by atoms with Gasteiger partial charge in [0.15, 0.2) is 0 Å². The Morgan fingerprint density at radius 2 is 1.86 bits per heavy atom. The highest BCUT2D eigenvalue weighted by atomic mass is 16.2. The van der Waals surface area contributed by atoms with Crippen molar-refractivity contribution in [3.63, 3.8) is 0 Å². The van der Waals surface area contributed by atoms with Gasteiger partial charge in [-0.05, 0) is 24.7 Å². The lowest BCUT2D eigenvalue weighted by molar-refractivity contribution is -0.142. The van der Waals surface area contributed by atoms with Crippen LogP contribution < -0.4 is 10.6 Å². The smallest absolute Gasteiger partial charge is 0.249 e. The lowest BCUT2D eigenvalue weighted by Crippen LogP contribution is -2.56. The molecule has 3 aliphatic rings. The minimum atomic E-state index is -0.736. The number of piperidine rings is 1. The molecule has 1 aliphatic heterocycles. The number of amides is 3. The van der Waals surface area contributed by atoms with Crippen LogP contribution in [0.5, 0.6) is 0 Å². The molecule has 1 saturated heterocycles. The van der Waals surface area contributed by atoms with Crippen LogP contribution in [0.25, 0.3) is 0 Å². The van der Waals surface area contributed by atoms with Crippen LogP contribution in [0.2, 0.25) is 0 Å². The molecule has 3 fully saturated rings. The lowest BCUT2D eigenvalue weighted by Gasteiger charge is -2.39. The molecule has 0 aromatic carbocycles. The van der Waals surface area contributed by atoms with E-state index in [1.165, 1.54) is 0 Å². The van der Waals surface area contributed by atoms with E-state index in [9.17, 15) is 19.2 Å². The zero-order chi connectivity index (χ0) is 16.3. The van der Waals surface area contributed by atoms with Gasteiger partial charge in [-0.15, -0.1) is 0 Å². The van der Waals surface area contributed by atoms with E-state index in [1.807, 2.05) is 20.8 Å². The van der Waals surface area contributed by atoms with Crippen molar-refractivity contribution in [2.75, 3.05) is 0 Å². The van der Waals surface area contributed by atoms with Crippen molar-refractivity contribution in [2.45, 2.75) is 58.9 Å². The Kier molecular flexibility index (Phi) is 3.03. The third kappa shape index (κ3) is 1.66. The number of rotatable bonds is 2. The highest BCUT2D eigenvalue weighted by Crippen LogP contribution is 2.70. The maximum absolute atomic E-state index is 12.9. The average molecular weight is 306 g/mol. The molecule has 0 aromatic heterocycles. The minimum absolute atomic E-state index is 0.141. The Bertz CT molecular complexity index is 597. The standard InChI is InChI=1S/C16H22N2O4/c1-14(2)15(3)6-7-16(14,8-10(15)19)13(22)17-9-4-5-11(20)18-12(9)21/h9H,4-8H2,1-3H3,(H,17,22)(H,18,20,21). The molecule has 2 aliphatic carbocycles. The summed E-state index contributed by atoms with van der Waals surface area (Å²) in [6, 6.07) is -0.682. The minimum Gasteiger partial charge on any atom is -0.344 e. The Morgan fingerprint density at radius 3 is 2.36 bits per heavy atom. The summed E-state index contributed by atoms with van der Waals surface area (Å²) in [6.07, 6.45) is 2.17. The summed E-state index contributed by atoms with van der Waals surface area (Å²) in [5.41, 5.74) is -1.63. The van der Waals surface area contributed by atoms with Crippen molar-refractivity contribution in [3.05, 3.63) is 0 Å². The highest BCUT2D eigenvalue weighted by molar-refractivity contribution is 6.04. The molecule has 6 nitrogen and oxygen atoms in total. The fourth-order valence-corrected chi connectivity index (χ4v) is 4.49. The molecule has 0 radical (unpaired) electrons. The Hall–Kier alpha value is -1.72. The number of nitrogens with one attached hydrogen (secondary N) is 2. The topological polar surface area (TPSA) is 92.3 Å². The average Bonchev–Trinajstić information content (AvgIpc) is 2.72. The van der Waals surface area contributed by atoms with E-state index in [1.54, 1.807) is 0 Å². The summed E-state index contributed by atoms with van der Waals surface area (Å²) >= 11 is 0. The number of hydrogen-bond acceptors (Lipinski definition) is 4. The molecule has 0 spiro atoms. The second-order valence-electron chi connectivity index (χ2n) is 7.62. The van der Waals surface area contributed by atoms with Gasteiger partial charge >= 0.3 is 0 Å². The molecule has 2 N–H and O–H groups in total. The van der Waals surface area contributed by atoms with Crippen molar-refractivity contribution in [2.24, 2.45) is 16.2 Å². The molecular formula is C16H22N2O4. The molecule has 3 atom stereocenters. The molecule has 3 amide bonds. The van der Waals surface area contributed by atoms with Gasteiger partial charge < -0.3 is 5.32 Å². The second kappa shape index (κ2) is 4.40. The largest absolute Gasteiger partial charge is 0.344 e. The van der Waals surface area contributed by atoms with Crippen LogP contribution in [0.4, 0.5) is 0 Å². The number of Topliss-reactive ketones (excluding diaryl/α,β-unsaturated/α-hetero) is 1. The molecule has 1 heterocycles. The van der Waals surface area contributed by atoms with E-state index in [-0.39, 0.29) is 30.4 Å². The Balaban J connectivity index is 1.82. The lowest BCUT2D eigenvalue weighted by atomic mass is 9.64. The maximum atomic E-state index is 12.9. The van der Waals surface area contributed by atoms with Gasteiger partial charge in [0, 0.05) is 18.3 Å². The zero-order valence-electron chi connectivity index (χ0n) is 13.2. The van der Waals surface area contributed by atoms with Gasteiger partial charge in [-0.1, -0.05) is 20.8 Å². The first-order valence-electron chi connectivity index (χ1n) is 7.82. The summed E-state index contributed by atoms with van der Waals surface area (Å²) in [5, 5.41) is 5.03. The summed E-state index contributed by atoms with van der Waals surface area (Å²) in [5.74, 6) is -0.842. The van der Waals surface area contributed by atoms with Gasteiger partial charge in [-0.25, -0.2) is 0 Å². The normalized spacial score (nSPS) is 39.8. The maximum Gasteiger partial charge on any atom is 0.249 e. The van der Waals surface area contributed by atoms with E-state index in [0.717, 1.165) is 0 Å². The summed E-state index contributed by atoms with van der Waals surface area (Å²) in [7, 11) is 0. The summed E-state index contributed by atoms with van der Waals surface area (Å²) in [6.45, 7) is 5.91. The van der Waals surface area contributed by atoms with E-state index in [0.29, 0.717) is 19.3 Å². The van der Waals surface area contributed by atoms with Gasteiger partial charge in [0.1, 0.15) is 11.8 Å². The van der Waals surface area contributed by atoms with Crippen LogP contribution in [-0.2, 0) is 19.2 Å². The van der Waals surface area contributed by atoms with Crippen LogP contribution >= 0.6 is 0 Å². The van der Waals surface area contributed by atoms with E-state index < -0.39 is 28.2 Å². The highest BCUT2D eigenvalue weighted by Gasteiger charge is 2.72. The monoisotopic (exact) mass is 306 g/mol. The van der Waals surface area contributed by atoms with E-state index in [4.69, 9.17) is 0 Å². The van der Waals surface area contributed by atoms with Gasteiger partial charge in [0.05, 0.1) is 5.41 Å². The van der Waals surface area contributed by atoms with Crippen LogP contribution in [-0.4, -0.2) is 29.5 Å². The molecule has 2 saturated carbocycles. The SMILES string of the molecule is CC12CCC(C(=O)NC3CCC(=O)NC3=O)(CC1=O)C2(C)C. The predicted octanol–water partition coefficient (Wildman–Crippen LogP) is 0.693. The third-order valence-electron chi connectivity index (χ3n) is 6.68. The number of carbonyl (C=O) groups excluding carboxylic acids is 4. The quantitative estimate of drug-likeness (QED) is 0.734. The fraction of sp³-hybridized carbons (Fsp3) is 0.750. The van der Waals surface area contributed by atoms with Crippen molar-refractivity contribution in [1.29, 1.82) is 0 Å². The van der Waals surface area contributed by atoms with Crippen LogP contribution in [0.1, 0.15) is 52.9 Å². The molecule has 2 bridgehead atoms. The molecule has 0 aromatic rings. The van der Waals surface area contributed by atoms with E-state index >= 15 is 0 Å². The number of fused-ring (bicyclic) bond motifs is 2. The van der Waals surface area contributed by atoms with Crippen LogP contribution in [0.3, 0.4) is 0 Å². The molecule has 6 heteroatoms. The Labute approximate surface area is 129 Å². The fourth-order valence-electron chi connectivity index (χ4n) is 4.49. The number of imide groups is 1. The van der Waals surface area contributed by atoms with E-state index in [2.05, 4.69) is 10.6 Å². The first kappa shape index (κ1) is 15.2. The molecule has 3 unspecified atom stereocenters. The summed E-state index contributed by atoms with van der Waals surface area (Å²) in [4.78, 5) is 48.3. The van der Waals surface area contributed by atoms with Crippen LogP contribution in [0.15, 0.2) is 0 Å². The van der Waals surface area contributed by atoms with Gasteiger partial charge in [0.2, 0.25) is 17.7 Å². The Morgan fingerprint density at radius 1 is 1.18 bits per heavy atom.